The Morgan fingerprint density at radius 3 is 2.74 bits per heavy atom. The van der Waals surface area contributed by atoms with Crippen molar-refractivity contribution in [3.8, 4) is 0 Å². The normalized spacial score (nSPS) is 13.7. The molecule has 1 atom stereocenters. The highest BCUT2D eigenvalue weighted by Gasteiger charge is 2.26. The first-order valence-corrected chi connectivity index (χ1v) is 7.60. The van der Waals surface area contributed by atoms with E-state index in [1.165, 1.54) is 7.11 Å². The first-order valence-electron chi connectivity index (χ1n) is 6.12. The second-order valence-corrected chi connectivity index (χ2v) is 5.98. The molecule has 0 saturated heterocycles. The van der Waals surface area contributed by atoms with Gasteiger partial charge < -0.3 is 9.84 Å². The first kappa shape index (κ1) is 16.1. The van der Waals surface area contributed by atoms with Gasteiger partial charge in [0.15, 0.2) is 5.03 Å². The van der Waals surface area contributed by atoms with Crippen molar-refractivity contribution in [2.75, 3.05) is 13.7 Å². The molecule has 0 fully saturated rings. The van der Waals surface area contributed by atoms with Gasteiger partial charge in [0.1, 0.15) is 0 Å². The van der Waals surface area contributed by atoms with E-state index < -0.39 is 10.0 Å². The number of H-pyrrole nitrogens is 1. The first-order chi connectivity index (χ1) is 8.96. The van der Waals surface area contributed by atoms with Gasteiger partial charge in [-0.05, 0) is 13.3 Å². The van der Waals surface area contributed by atoms with Crippen LogP contribution in [-0.2, 0) is 21.4 Å². The molecular weight excluding hydrogens is 270 g/mol. The van der Waals surface area contributed by atoms with Crippen LogP contribution in [0, 0.1) is 6.92 Å². The van der Waals surface area contributed by atoms with Crippen LogP contribution in [0.15, 0.2) is 5.03 Å². The maximum atomic E-state index is 12.2. The number of nitrogens with zero attached hydrogens (tertiary/aromatic N) is 1. The molecule has 0 spiro atoms. The highest BCUT2D eigenvalue weighted by Crippen LogP contribution is 2.16. The molecule has 0 aliphatic carbocycles. The number of aliphatic hydroxyl groups excluding tert-OH is 1. The van der Waals surface area contributed by atoms with E-state index in [0.29, 0.717) is 24.3 Å². The average molecular weight is 291 g/mol. The van der Waals surface area contributed by atoms with Gasteiger partial charge in [0.2, 0.25) is 0 Å². The van der Waals surface area contributed by atoms with Crippen LogP contribution in [0.3, 0.4) is 0 Å². The smallest absolute Gasteiger partial charge is 0.260 e. The van der Waals surface area contributed by atoms with Crippen LogP contribution in [0.25, 0.3) is 0 Å². The van der Waals surface area contributed by atoms with E-state index in [-0.39, 0.29) is 17.7 Å². The van der Waals surface area contributed by atoms with Gasteiger partial charge in [0, 0.05) is 24.4 Å². The maximum Gasteiger partial charge on any atom is 0.260 e. The third-order valence-electron chi connectivity index (χ3n) is 2.78. The van der Waals surface area contributed by atoms with Gasteiger partial charge in [-0.2, -0.15) is 5.10 Å². The van der Waals surface area contributed by atoms with Gasteiger partial charge in [-0.1, -0.05) is 13.3 Å². The second-order valence-electron chi connectivity index (χ2n) is 4.35. The molecule has 7 nitrogen and oxygen atoms in total. The molecular formula is C11H21N3O4S. The standard InChI is InChI=1S/C11H21N3O4S/c1-4-5-9(7-18-3)14-19(16,17)11-10(6-15)8(2)12-13-11/h9,14-15H,4-7H2,1-3H3,(H,12,13). The Morgan fingerprint density at radius 1 is 1.53 bits per heavy atom. The van der Waals surface area contributed by atoms with E-state index in [0.717, 1.165) is 6.42 Å². The molecule has 1 aromatic rings. The van der Waals surface area contributed by atoms with E-state index in [4.69, 9.17) is 4.74 Å². The van der Waals surface area contributed by atoms with E-state index in [9.17, 15) is 13.5 Å². The van der Waals surface area contributed by atoms with Crippen LogP contribution >= 0.6 is 0 Å². The van der Waals surface area contributed by atoms with Crippen molar-refractivity contribution in [1.29, 1.82) is 0 Å². The van der Waals surface area contributed by atoms with Crippen molar-refractivity contribution in [2.24, 2.45) is 0 Å². The number of aromatic nitrogens is 2. The number of hydrogen-bond acceptors (Lipinski definition) is 5. The molecule has 1 aromatic heterocycles. The lowest BCUT2D eigenvalue weighted by atomic mass is 10.2. The number of sulfonamides is 1. The van der Waals surface area contributed by atoms with Crippen molar-refractivity contribution < 1.29 is 18.3 Å². The molecule has 0 aliphatic rings. The van der Waals surface area contributed by atoms with Crippen molar-refractivity contribution in [2.45, 2.75) is 44.4 Å². The number of ether oxygens (including phenoxy) is 1. The zero-order valence-electron chi connectivity index (χ0n) is 11.4. The molecule has 0 bridgehead atoms. The van der Waals surface area contributed by atoms with Crippen molar-refractivity contribution in [3.05, 3.63) is 11.3 Å². The second kappa shape index (κ2) is 6.99. The monoisotopic (exact) mass is 291 g/mol. The molecule has 0 aliphatic heterocycles. The molecule has 110 valence electrons. The van der Waals surface area contributed by atoms with Crippen LogP contribution in [0.2, 0.25) is 0 Å². The number of aliphatic hydroxyl groups is 1. The lowest BCUT2D eigenvalue weighted by Gasteiger charge is -2.16. The Balaban J connectivity index is 2.96. The quantitative estimate of drug-likeness (QED) is 0.639. The number of methoxy groups -OCH3 is 1. The highest BCUT2D eigenvalue weighted by molar-refractivity contribution is 7.89. The molecule has 0 saturated carbocycles. The predicted octanol–water partition coefficient (Wildman–Crippen LogP) is 0.304. The third kappa shape index (κ3) is 4.00. The average Bonchev–Trinajstić information content (AvgIpc) is 2.71. The summed E-state index contributed by atoms with van der Waals surface area (Å²) >= 11 is 0. The lowest BCUT2D eigenvalue weighted by molar-refractivity contribution is 0.171. The zero-order chi connectivity index (χ0) is 14.5. The summed E-state index contributed by atoms with van der Waals surface area (Å²) in [7, 11) is -2.24. The van der Waals surface area contributed by atoms with Crippen LogP contribution < -0.4 is 4.72 Å². The van der Waals surface area contributed by atoms with Gasteiger partial charge in [-0.25, -0.2) is 13.1 Å². The van der Waals surface area contributed by atoms with E-state index in [1.54, 1.807) is 6.92 Å². The van der Waals surface area contributed by atoms with Gasteiger partial charge in [-0.15, -0.1) is 0 Å². The molecule has 1 heterocycles. The van der Waals surface area contributed by atoms with Crippen LogP contribution in [-0.4, -0.2) is 43.5 Å². The summed E-state index contributed by atoms with van der Waals surface area (Å²) in [6.07, 6.45) is 1.51. The minimum Gasteiger partial charge on any atom is -0.392 e. The molecule has 0 aromatic carbocycles. The topological polar surface area (TPSA) is 104 Å². The summed E-state index contributed by atoms with van der Waals surface area (Å²) in [5.74, 6) is 0. The van der Waals surface area contributed by atoms with Crippen LogP contribution in [0.1, 0.15) is 31.0 Å². The van der Waals surface area contributed by atoms with Gasteiger partial charge in [0.25, 0.3) is 10.0 Å². The Hall–Kier alpha value is -0.960. The highest BCUT2D eigenvalue weighted by atomic mass is 32.2. The molecule has 1 unspecified atom stereocenters. The summed E-state index contributed by atoms with van der Waals surface area (Å²) in [5, 5.41) is 15.4. The number of aryl methyl sites for hydroxylation is 1. The summed E-state index contributed by atoms with van der Waals surface area (Å²) in [5.41, 5.74) is 0.835. The summed E-state index contributed by atoms with van der Waals surface area (Å²) in [6, 6.07) is -0.302. The minimum atomic E-state index is -3.76. The molecule has 3 N–H and O–H groups in total. The Labute approximate surface area is 113 Å². The van der Waals surface area contributed by atoms with Crippen molar-refractivity contribution in [3.63, 3.8) is 0 Å². The number of aromatic amines is 1. The Kier molecular flexibility index (Phi) is 5.92. The fourth-order valence-electron chi connectivity index (χ4n) is 1.84. The molecule has 19 heavy (non-hydrogen) atoms. The van der Waals surface area contributed by atoms with Crippen molar-refractivity contribution >= 4 is 10.0 Å². The summed E-state index contributed by atoms with van der Waals surface area (Å²) in [4.78, 5) is 0. The molecule has 0 amide bonds. The maximum absolute atomic E-state index is 12.2. The summed E-state index contributed by atoms with van der Waals surface area (Å²) in [6.45, 7) is 3.55. The number of rotatable bonds is 8. The molecule has 1 rings (SSSR count). The van der Waals surface area contributed by atoms with E-state index in [2.05, 4.69) is 14.9 Å². The Bertz CT molecular complexity index is 492. The summed E-state index contributed by atoms with van der Waals surface area (Å²) < 4.78 is 32.0. The zero-order valence-corrected chi connectivity index (χ0v) is 12.2. The fourth-order valence-corrected chi connectivity index (χ4v) is 3.28. The largest absolute Gasteiger partial charge is 0.392 e. The van der Waals surface area contributed by atoms with Crippen LogP contribution in [0.5, 0.6) is 0 Å². The third-order valence-corrected chi connectivity index (χ3v) is 4.27. The fraction of sp³-hybridized carbons (Fsp3) is 0.727. The number of hydrogen-bond donors (Lipinski definition) is 3. The number of nitrogens with one attached hydrogen (secondary N) is 2. The predicted molar refractivity (Wildman–Crippen MR) is 70.1 cm³/mol. The SMILES string of the molecule is CCCC(COC)NS(=O)(=O)c1n[nH]c(C)c1CO. The minimum absolute atomic E-state index is 0.148. The van der Waals surface area contributed by atoms with E-state index >= 15 is 0 Å². The molecule has 8 heteroatoms. The van der Waals surface area contributed by atoms with Crippen LogP contribution in [0.4, 0.5) is 0 Å². The van der Waals surface area contributed by atoms with E-state index in [1.807, 2.05) is 6.92 Å². The van der Waals surface area contributed by atoms with Crippen molar-refractivity contribution in [1.82, 2.24) is 14.9 Å². The molecule has 0 radical (unpaired) electrons. The van der Waals surface area contributed by atoms with Gasteiger partial charge in [0.05, 0.1) is 13.2 Å². The van der Waals surface area contributed by atoms with Gasteiger partial charge in [-0.3, -0.25) is 5.10 Å². The lowest BCUT2D eigenvalue weighted by Crippen LogP contribution is -2.38. The Morgan fingerprint density at radius 2 is 2.21 bits per heavy atom. The van der Waals surface area contributed by atoms with Gasteiger partial charge >= 0.3 is 0 Å².